The fourth-order valence-electron chi connectivity index (χ4n) is 2.48. The van der Waals surface area contributed by atoms with E-state index in [1.807, 2.05) is 6.92 Å². The lowest BCUT2D eigenvalue weighted by Gasteiger charge is -2.31. The molecule has 124 valence electrons. The molecule has 0 aromatic carbocycles. The number of hydrogen-bond donors (Lipinski definition) is 2. The highest BCUT2D eigenvalue weighted by Crippen LogP contribution is 2.20. The third kappa shape index (κ3) is 4.69. The summed E-state index contributed by atoms with van der Waals surface area (Å²) in [5.41, 5.74) is 5.98. The van der Waals surface area contributed by atoms with Crippen LogP contribution < -0.4 is 10.5 Å². The minimum atomic E-state index is -3.43. The fraction of sp³-hybridized carbons (Fsp3) is 0.643. The predicted molar refractivity (Wildman–Crippen MR) is 90.7 cm³/mol. The van der Waals surface area contributed by atoms with Gasteiger partial charge in [0.15, 0.2) is 5.96 Å². The number of likely N-dealkylation sites (tertiary alicyclic amines) is 1. The molecule has 1 aliphatic heterocycles. The predicted octanol–water partition coefficient (Wildman–Crippen LogP) is 1.38. The van der Waals surface area contributed by atoms with E-state index >= 15 is 0 Å². The fourth-order valence-corrected chi connectivity index (χ4v) is 4.82. The summed E-state index contributed by atoms with van der Waals surface area (Å²) in [6.07, 6.45) is 2.35. The topological polar surface area (TPSA) is 87.8 Å². The molecule has 2 heterocycles. The van der Waals surface area contributed by atoms with Crippen molar-refractivity contribution < 1.29 is 8.42 Å². The van der Waals surface area contributed by atoms with Crippen molar-refractivity contribution in [2.75, 3.05) is 26.2 Å². The molecule has 0 amide bonds. The van der Waals surface area contributed by atoms with Crippen LogP contribution in [0.4, 0.5) is 0 Å². The number of aryl methyl sites for hydroxylation is 1. The highest BCUT2D eigenvalue weighted by molar-refractivity contribution is 7.91. The number of nitrogens with one attached hydrogen (secondary N) is 1. The van der Waals surface area contributed by atoms with Gasteiger partial charge in [0.05, 0.1) is 6.54 Å². The Morgan fingerprint density at radius 1 is 1.55 bits per heavy atom. The van der Waals surface area contributed by atoms with Gasteiger partial charge in [-0.1, -0.05) is 6.92 Å². The molecule has 1 atom stereocenters. The average molecular weight is 345 g/mol. The van der Waals surface area contributed by atoms with Gasteiger partial charge in [0.1, 0.15) is 4.21 Å². The third-order valence-electron chi connectivity index (χ3n) is 3.64. The maximum absolute atomic E-state index is 12.0. The lowest BCUT2D eigenvalue weighted by molar-refractivity contribution is 0.270. The van der Waals surface area contributed by atoms with Gasteiger partial charge in [0, 0.05) is 24.5 Å². The molecule has 2 rings (SSSR count). The first-order valence-electron chi connectivity index (χ1n) is 7.49. The Morgan fingerprint density at radius 3 is 2.95 bits per heavy atom. The number of aliphatic imine (C=N–C) groups is 1. The van der Waals surface area contributed by atoms with Crippen LogP contribution in [0.2, 0.25) is 0 Å². The lowest BCUT2D eigenvalue weighted by Crippen LogP contribution is -2.43. The number of nitrogens with two attached hydrogens (primary N) is 1. The van der Waals surface area contributed by atoms with E-state index < -0.39 is 10.0 Å². The van der Waals surface area contributed by atoms with Crippen LogP contribution in [0.3, 0.4) is 0 Å². The quantitative estimate of drug-likeness (QED) is 0.480. The van der Waals surface area contributed by atoms with Crippen LogP contribution in [0, 0.1) is 12.8 Å². The van der Waals surface area contributed by atoms with E-state index in [0.717, 1.165) is 24.4 Å². The van der Waals surface area contributed by atoms with Crippen molar-refractivity contribution in [1.82, 2.24) is 9.62 Å². The van der Waals surface area contributed by atoms with E-state index in [1.165, 1.54) is 17.8 Å². The standard InChI is InChI=1S/C14H24N4O2S2/c1-11-4-3-9-18(10-11)14(15)16-7-8-17-22(19,20)13-6-5-12(2)21-13/h5-6,11,17H,3-4,7-10H2,1-2H3,(H2,15,16). The maximum Gasteiger partial charge on any atom is 0.250 e. The van der Waals surface area contributed by atoms with Crippen molar-refractivity contribution >= 4 is 27.3 Å². The molecule has 1 aromatic heterocycles. The zero-order valence-electron chi connectivity index (χ0n) is 13.1. The number of thiophene rings is 1. The van der Waals surface area contributed by atoms with Gasteiger partial charge >= 0.3 is 0 Å². The first-order chi connectivity index (χ1) is 10.4. The Hall–Kier alpha value is -1.12. The molecule has 0 radical (unpaired) electrons. The number of piperidine rings is 1. The van der Waals surface area contributed by atoms with Gasteiger partial charge in [-0.25, -0.2) is 13.1 Å². The van der Waals surface area contributed by atoms with Crippen molar-refractivity contribution in [3.63, 3.8) is 0 Å². The minimum Gasteiger partial charge on any atom is -0.370 e. The van der Waals surface area contributed by atoms with Gasteiger partial charge in [0.25, 0.3) is 0 Å². The molecule has 0 bridgehead atoms. The highest BCUT2D eigenvalue weighted by Gasteiger charge is 2.18. The van der Waals surface area contributed by atoms with Crippen LogP contribution in [-0.2, 0) is 10.0 Å². The first-order valence-corrected chi connectivity index (χ1v) is 9.79. The van der Waals surface area contributed by atoms with Gasteiger partial charge in [-0.3, -0.25) is 4.99 Å². The molecular weight excluding hydrogens is 320 g/mol. The summed E-state index contributed by atoms with van der Waals surface area (Å²) in [6, 6.07) is 3.42. The molecule has 22 heavy (non-hydrogen) atoms. The monoisotopic (exact) mass is 344 g/mol. The van der Waals surface area contributed by atoms with Crippen LogP contribution in [0.1, 0.15) is 24.6 Å². The Morgan fingerprint density at radius 2 is 2.32 bits per heavy atom. The molecule has 0 aliphatic carbocycles. The summed E-state index contributed by atoms with van der Waals surface area (Å²) in [5.74, 6) is 1.14. The second-order valence-electron chi connectivity index (χ2n) is 5.70. The molecular formula is C14H24N4O2S2. The first kappa shape index (κ1) is 17.2. The normalized spacial score (nSPS) is 20.4. The van der Waals surface area contributed by atoms with E-state index in [-0.39, 0.29) is 6.54 Å². The Bertz CT molecular complexity index is 625. The lowest BCUT2D eigenvalue weighted by atomic mass is 10.0. The molecule has 1 aliphatic rings. The molecule has 0 saturated carbocycles. The second-order valence-corrected chi connectivity index (χ2v) is 8.98. The number of nitrogens with zero attached hydrogens (tertiary/aromatic N) is 2. The Kier molecular flexibility index (Phi) is 5.82. The number of sulfonamides is 1. The highest BCUT2D eigenvalue weighted by atomic mass is 32.2. The number of guanidine groups is 1. The van der Waals surface area contributed by atoms with Crippen molar-refractivity contribution in [3.8, 4) is 0 Å². The van der Waals surface area contributed by atoms with Crippen molar-refractivity contribution in [2.45, 2.75) is 30.9 Å². The van der Waals surface area contributed by atoms with Gasteiger partial charge in [0.2, 0.25) is 10.0 Å². The largest absolute Gasteiger partial charge is 0.370 e. The summed E-state index contributed by atoms with van der Waals surface area (Å²) < 4.78 is 27.0. The van der Waals surface area contributed by atoms with Gasteiger partial charge in [-0.15, -0.1) is 11.3 Å². The van der Waals surface area contributed by atoms with Crippen LogP contribution in [0.15, 0.2) is 21.3 Å². The van der Waals surface area contributed by atoms with E-state index in [0.29, 0.717) is 22.6 Å². The van der Waals surface area contributed by atoms with Gasteiger partial charge in [-0.05, 0) is 37.8 Å². The van der Waals surface area contributed by atoms with E-state index in [1.54, 1.807) is 12.1 Å². The second kappa shape index (κ2) is 7.43. The summed E-state index contributed by atoms with van der Waals surface area (Å²) in [4.78, 5) is 7.33. The smallest absolute Gasteiger partial charge is 0.250 e. The maximum atomic E-state index is 12.0. The molecule has 3 N–H and O–H groups in total. The summed E-state index contributed by atoms with van der Waals surface area (Å²) in [5, 5.41) is 0. The van der Waals surface area contributed by atoms with E-state index in [9.17, 15) is 8.42 Å². The van der Waals surface area contributed by atoms with Crippen LogP contribution in [-0.4, -0.2) is 45.5 Å². The summed E-state index contributed by atoms with van der Waals surface area (Å²) in [7, 11) is -3.43. The van der Waals surface area contributed by atoms with Crippen LogP contribution in [0.25, 0.3) is 0 Å². The zero-order chi connectivity index (χ0) is 16.2. The molecule has 1 saturated heterocycles. The average Bonchev–Trinajstić information content (AvgIpc) is 2.91. The summed E-state index contributed by atoms with van der Waals surface area (Å²) >= 11 is 1.26. The van der Waals surface area contributed by atoms with Crippen molar-refractivity contribution in [1.29, 1.82) is 0 Å². The van der Waals surface area contributed by atoms with Crippen molar-refractivity contribution in [3.05, 3.63) is 17.0 Å². The van der Waals surface area contributed by atoms with Crippen LogP contribution in [0.5, 0.6) is 0 Å². The summed E-state index contributed by atoms with van der Waals surface area (Å²) in [6.45, 7) is 6.55. The zero-order valence-corrected chi connectivity index (χ0v) is 14.7. The van der Waals surface area contributed by atoms with E-state index in [4.69, 9.17) is 5.73 Å². The molecule has 1 aromatic rings. The van der Waals surface area contributed by atoms with Gasteiger partial charge in [-0.2, -0.15) is 0 Å². The molecule has 1 unspecified atom stereocenters. The number of rotatable bonds is 5. The molecule has 1 fully saturated rings. The molecule has 8 heteroatoms. The molecule has 0 spiro atoms. The Balaban J connectivity index is 1.82. The molecule has 6 nitrogen and oxygen atoms in total. The third-order valence-corrected chi connectivity index (χ3v) is 6.59. The SMILES string of the molecule is Cc1ccc(S(=O)(=O)NCCN=C(N)N2CCCC(C)C2)s1. The minimum absolute atomic E-state index is 0.253. The Labute approximate surface area is 136 Å². The van der Waals surface area contributed by atoms with E-state index in [2.05, 4.69) is 21.5 Å². The number of hydrogen-bond acceptors (Lipinski definition) is 4. The van der Waals surface area contributed by atoms with Gasteiger partial charge < -0.3 is 10.6 Å². The van der Waals surface area contributed by atoms with Crippen LogP contribution >= 0.6 is 11.3 Å². The van der Waals surface area contributed by atoms with Crippen molar-refractivity contribution in [2.24, 2.45) is 16.6 Å².